The first-order chi connectivity index (χ1) is 55.6. The van der Waals surface area contributed by atoms with Crippen LogP contribution in [0.2, 0.25) is 0 Å². The summed E-state index contributed by atoms with van der Waals surface area (Å²) < 4.78 is 200. The van der Waals surface area contributed by atoms with Gasteiger partial charge in [0.2, 0.25) is 18.2 Å². The van der Waals surface area contributed by atoms with Gasteiger partial charge in [0.15, 0.2) is 0 Å². The third-order valence-corrected chi connectivity index (χ3v) is 28.6. The van der Waals surface area contributed by atoms with Gasteiger partial charge in [0.1, 0.15) is 43.1 Å². The van der Waals surface area contributed by atoms with E-state index in [0.717, 1.165) is 49.6 Å². The van der Waals surface area contributed by atoms with Gasteiger partial charge in [-0.1, -0.05) is 12.8 Å². The number of hydrogen-bond donors (Lipinski definition) is 13. The van der Waals surface area contributed by atoms with Gasteiger partial charge in [0.05, 0.1) is 116 Å². The number of fused-ring (bicyclic) bond motifs is 5. The lowest BCUT2D eigenvalue weighted by Gasteiger charge is -2.26. The maximum Gasteiger partial charge on any atom is 0.500 e. The van der Waals surface area contributed by atoms with Gasteiger partial charge >= 0.3 is 86.3 Å². The molecule has 12 unspecified atom stereocenters. The topological polar surface area (TPSA) is 691 Å². The number of benzene rings is 1. The van der Waals surface area contributed by atoms with Gasteiger partial charge in [-0.25, -0.2) is 50.9 Å². The Morgan fingerprint density at radius 1 is 0.627 bits per heavy atom. The van der Waals surface area contributed by atoms with Crippen molar-refractivity contribution in [1.29, 1.82) is 0 Å². The number of unbranched alkanes of at least 4 members (excludes halogenated alkanes) is 3. The Kier molecular flexibility index (Phi) is 38.1. The molecule has 0 saturated carbocycles. The summed E-state index contributed by atoms with van der Waals surface area (Å²) in [6.07, 6.45) is -4.35. The Labute approximate surface area is 671 Å². The molecule has 118 heavy (non-hydrogen) atoms. The number of alkyl carbamates (subject to hydrolysis) is 1. The molecule has 5 amide bonds. The molecule has 5 aliphatic rings. The van der Waals surface area contributed by atoms with Gasteiger partial charge in [-0.05, 0) is 101 Å². The van der Waals surface area contributed by atoms with E-state index >= 15 is 0 Å². The molecule has 1 aromatic carbocycles. The number of imide groups is 1. The maximum absolute atomic E-state index is 13.5. The summed E-state index contributed by atoms with van der Waals surface area (Å²) in [5, 5.41) is 36.9. The molecule has 2 saturated heterocycles. The zero-order valence-electron chi connectivity index (χ0n) is 63.1. The van der Waals surface area contributed by atoms with Crippen molar-refractivity contribution in [2.24, 2.45) is 0 Å². The van der Waals surface area contributed by atoms with E-state index in [1.807, 2.05) is 41.5 Å². The zero-order valence-corrected chi connectivity index (χ0v) is 70.2. The van der Waals surface area contributed by atoms with E-state index in [-0.39, 0.29) is 96.3 Å². The number of carbonyl (C=O) groups is 4. The number of hydrogen-bond acceptors (Lipinski definition) is 38. The third kappa shape index (κ3) is 33.6. The van der Waals surface area contributed by atoms with E-state index in [1.54, 1.807) is 0 Å². The molecule has 6 heterocycles. The fourth-order valence-electron chi connectivity index (χ4n) is 11.4. The van der Waals surface area contributed by atoms with Gasteiger partial charge < -0.3 is 93.0 Å². The summed E-state index contributed by atoms with van der Waals surface area (Å²) in [6, 6.07) is 6.61. The van der Waals surface area contributed by atoms with Crippen molar-refractivity contribution < 1.29 is 196 Å². The predicted octanol–water partition coefficient (Wildman–Crippen LogP) is 3.43. The van der Waals surface area contributed by atoms with E-state index in [0.29, 0.717) is 76.9 Å². The Morgan fingerprint density at radius 2 is 1.22 bits per heavy atom. The number of phosphoric ester groups is 4. The molecule has 13 N–H and O–H groups in total. The third-order valence-electron chi connectivity index (χ3n) is 16.9. The SMILES string of the molecule is Cc1nnc(-c2ccc(OCCOCCOCCOCCOCCC(=O)NCCCCCCOP(=O)(O)OP(=O)(O)OP(=O)(O)OP(=O)(O)OP(=O)(O)OP(=O)(O)OC[C@H]3O[C@@H](n4cc(C)c(=O)[nH]c4=O)CC3O)cc2)c2c1CCC(OC(=O)NCCOP(=O)(O)OCCCOP1(=O)OC[C@H]3O[C@H](CC3O)[N+]3=CC(O1)C(=O)NC3=O)CCC2. The first kappa shape index (κ1) is 98.5. The van der Waals surface area contributed by atoms with E-state index in [9.17, 15) is 110 Å². The molecule has 16 atom stereocenters. The molecule has 51 nitrogen and oxygen atoms in total. The number of rotatable bonds is 50. The van der Waals surface area contributed by atoms with Crippen molar-refractivity contribution in [3.63, 3.8) is 0 Å². The summed E-state index contributed by atoms with van der Waals surface area (Å²) in [5.41, 5.74) is 2.76. The highest BCUT2D eigenvalue weighted by atomic mass is 31.3. The minimum atomic E-state index is -6.54. The molecule has 3 aromatic rings. The van der Waals surface area contributed by atoms with Crippen LogP contribution in [-0.4, -0.2) is 254 Å². The summed E-state index contributed by atoms with van der Waals surface area (Å²) in [7, 11) is -46.4. The number of nitrogens with one attached hydrogen (secondary N) is 4. The van der Waals surface area contributed by atoms with Gasteiger partial charge in [-0.3, -0.25) is 50.8 Å². The Balaban J connectivity index is 0.581. The van der Waals surface area contributed by atoms with Crippen LogP contribution in [0.4, 0.5) is 9.59 Å². The van der Waals surface area contributed by atoms with E-state index in [4.69, 9.17) is 60.5 Å². The molecule has 59 heteroatoms. The van der Waals surface area contributed by atoms with Crippen molar-refractivity contribution in [3.05, 3.63) is 73.7 Å². The van der Waals surface area contributed by atoms with Crippen LogP contribution in [0.1, 0.15) is 99.2 Å². The number of amides is 5. The van der Waals surface area contributed by atoms with Gasteiger partial charge in [-0.2, -0.15) is 41.3 Å². The summed E-state index contributed by atoms with van der Waals surface area (Å²) in [5.74, 6) is -0.641. The van der Waals surface area contributed by atoms with Gasteiger partial charge in [0, 0.05) is 49.7 Å². The molecule has 2 fully saturated rings. The molecule has 8 rings (SSSR count). The second-order valence-electron chi connectivity index (χ2n) is 25.9. The van der Waals surface area contributed by atoms with Crippen LogP contribution in [-0.2, 0) is 145 Å². The molecule has 666 valence electrons. The monoisotopic (exact) mass is 1850 g/mol. The lowest BCUT2D eigenvalue weighted by Crippen LogP contribution is -2.54. The molecule has 0 spiro atoms. The molecule has 2 aromatic heterocycles. The van der Waals surface area contributed by atoms with Crippen LogP contribution >= 0.6 is 62.6 Å². The van der Waals surface area contributed by atoms with Crippen LogP contribution < -0.4 is 31.9 Å². The van der Waals surface area contributed by atoms with E-state index in [1.165, 1.54) is 6.92 Å². The van der Waals surface area contributed by atoms with E-state index < -0.39 is 181 Å². The highest BCUT2D eigenvalue weighted by Crippen LogP contribution is 2.75. The van der Waals surface area contributed by atoms with Crippen LogP contribution in [0.5, 0.6) is 5.75 Å². The first-order valence-corrected chi connectivity index (χ1v) is 48.1. The number of aliphatic hydroxyl groups is 2. The standard InChI is InChI=1S/C59H92N8O43P8/c1-39-35-66(57(73)62-55(39)71)52-33-46(68)49(103-52)37-100-113(80,81)107-115(84,85)109-117(88,89)110-116(86,87)108-114(82,83)106-112(78,79)97-20-6-4-3-5-18-60-51(70)17-23-91-25-26-92-27-28-93-29-30-94-31-32-95-42-13-11-41(12-14-42)54-45-10-7-9-43(15-16-44(45)40(2)64-65-54)102-59(75)61-19-24-98-111(76,77)96-21-8-22-99-118(90)101-38-50-47(69)34-53(104-50)67-36-48(105-118)56(72)63-58(67)74/h11-14,35-36,43,46-50,52-53,68-69H,3-10,15-34,37-38H2,1-2H3,(H10-,60,61,62,63,70,71,72,73,74,75,76,77,78,79,80,81,82,83,84,85,86,87,88,89)/p+1/t43?,46?,47?,48?,49-,50-,52-,53-,118?/m1/s1. The molecular formula is C59H93N8O43P8+. The number of aliphatic hydroxyl groups excluding tert-OH is 2. The molecule has 1 aliphatic carbocycles. The van der Waals surface area contributed by atoms with Crippen LogP contribution in [0.25, 0.3) is 11.3 Å². The summed E-state index contributed by atoms with van der Waals surface area (Å²) in [6.45, 7) is 2.05. The lowest BCUT2D eigenvalue weighted by molar-refractivity contribution is -0.526. The number of aromatic amines is 1. The number of urea groups is 1. The minimum absolute atomic E-state index is 0.0137. The highest BCUT2D eigenvalue weighted by Gasteiger charge is 2.52. The zero-order chi connectivity index (χ0) is 86.1. The number of aromatic nitrogens is 4. The first-order valence-electron chi connectivity index (χ1n) is 36.2. The van der Waals surface area contributed by atoms with Crippen molar-refractivity contribution >= 4 is 92.7 Å². The Morgan fingerprint density at radius 3 is 1.88 bits per heavy atom. The smallest absolute Gasteiger partial charge is 0.491 e. The number of nitrogens with zero attached hydrogens (tertiary/aromatic N) is 4. The van der Waals surface area contributed by atoms with Crippen molar-refractivity contribution in [3.8, 4) is 17.0 Å². The van der Waals surface area contributed by atoms with E-state index in [2.05, 4.69) is 51.4 Å². The number of phosphoric acid groups is 8. The number of H-pyrrole nitrogens is 1. The average molecular weight is 1850 g/mol. The average Bonchev–Trinajstić information content (AvgIpc) is 1.53. The fourth-order valence-corrected chi connectivity index (χ4v) is 21.3. The van der Waals surface area contributed by atoms with Gasteiger partial charge in [0.25, 0.3) is 5.56 Å². The molecule has 0 radical (unpaired) electrons. The minimum Gasteiger partial charge on any atom is -0.491 e. The number of ether oxygens (including phenoxy) is 8. The molecule has 4 bridgehead atoms. The summed E-state index contributed by atoms with van der Waals surface area (Å²) >= 11 is 0. The van der Waals surface area contributed by atoms with Gasteiger partial charge in [-0.15, -0.1) is 5.10 Å². The number of carbonyl (C=O) groups excluding carboxylic acids is 4. The molecule has 4 aliphatic heterocycles. The lowest BCUT2D eigenvalue weighted by atomic mass is 9.89. The maximum atomic E-state index is 13.5. The van der Waals surface area contributed by atoms with Crippen molar-refractivity contribution in [2.75, 3.05) is 112 Å². The van der Waals surface area contributed by atoms with Crippen LogP contribution in [0.3, 0.4) is 0 Å². The second kappa shape index (κ2) is 45.6. The Hall–Kier alpha value is -4.91. The fraction of sp³-hybridized carbons (Fsp3) is 0.678. The predicted molar refractivity (Wildman–Crippen MR) is 393 cm³/mol. The number of aryl methyl sites for hydroxylation is 2. The largest absolute Gasteiger partial charge is 0.500 e. The van der Waals surface area contributed by atoms with Crippen LogP contribution in [0, 0.1) is 13.8 Å². The Bertz CT molecular complexity index is 4470. The van der Waals surface area contributed by atoms with Crippen LogP contribution in [0.15, 0.2) is 40.1 Å². The quantitative estimate of drug-likeness (QED) is 0.0219. The van der Waals surface area contributed by atoms with Crippen molar-refractivity contribution in [1.82, 2.24) is 35.7 Å². The molecular weight excluding hydrogens is 1760 g/mol. The highest BCUT2D eigenvalue weighted by molar-refractivity contribution is 7.72. The van der Waals surface area contributed by atoms with Crippen molar-refractivity contribution in [2.45, 2.75) is 146 Å². The summed E-state index contributed by atoms with van der Waals surface area (Å²) in [4.78, 5) is 145. The second-order valence-corrected chi connectivity index (χ2v) is 38.4. The normalized spacial score (nSPS) is 25.1.